The maximum atomic E-state index is 12.8. The fourth-order valence-electron chi connectivity index (χ4n) is 3.67. The summed E-state index contributed by atoms with van der Waals surface area (Å²) in [6.07, 6.45) is 5.31. The van der Waals surface area contributed by atoms with Gasteiger partial charge in [-0.1, -0.05) is 12.1 Å². The number of piperazine rings is 1. The second-order valence-corrected chi connectivity index (χ2v) is 6.45. The summed E-state index contributed by atoms with van der Waals surface area (Å²) < 4.78 is 1.79. The van der Waals surface area contributed by atoms with Crippen molar-refractivity contribution in [3.8, 4) is 5.69 Å². The van der Waals surface area contributed by atoms with E-state index in [-0.39, 0.29) is 17.9 Å². The number of fused-ring (bicyclic) bond motifs is 1. The molecule has 0 bridgehead atoms. The molecule has 2 atom stereocenters. The van der Waals surface area contributed by atoms with Gasteiger partial charge in [0.05, 0.1) is 5.69 Å². The minimum absolute atomic E-state index is 0.0698. The highest BCUT2D eigenvalue weighted by molar-refractivity contribution is 5.97. The summed E-state index contributed by atoms with van der Waals surface area (Å²) in [5.41, 5.74) is 1.95. The fraction of sp³-hybridized carbons (Fsp3) is 0.389. The van der Waals surface area contributed by atoms with Crippen molar-refractivity contribution in [3.63, 3.8) is 0 Å². The Kier molecular flexibility index (Phi) is 3.59. The predicted octanol–water partition coefficient (Wildman–Crippen LogP) is 1.59. The number of hydrogen-bond donors (Lipinski definition) is 0. The Balaban J connectivity index is 1.59. The molecule has 0 saturated carbocycles. The smallest absolute Gasteiger partial charge is 0.246 e. The van der Waals surface area contributed by atoms with E-state index in [1.807, 2.05) is 43.5 Å². The third-order valence-electron chi connectivity index (χ3n) is 4.96. The van der Waals surface area contributed by atoms with Crippen LogP contribution in [0.5, 0.6) is 0 Å². The van der Waals surface area contributed by atoms with Crippen LogP contribution in [-0.4, -0.2) is 50.0 Å². The molecule has 3 heterocycles. The zero-order chi connectivity index (χ0) is 16.7. The van der Waals surface area contributed by atoms with Crippen LogP contribution in [0.1, 0.15) is 25.3 Å². The van der Waals surface area contributed by atoms with Crippen molar-refractivity contribution in [1.82, 2.24) is 19.6 Å². The van der Waals surface area contributed by atoms with Crippen molar-refractivity contribution in [1.29, 1.82) is 0 Å². The Labute approximate surface area is 140 Å². The van der Waals surface area contributed by atoms with Crippen LogP contribution in [0, 0.1) is 0 Å². The van der Waals surface area contributed by atoms with E-state index in [0.29, 0.717) is 13.1 Å². The molecular formula is C18H20N4O2. The monoisotopic (exact) mass is 324 g/mol. The molecule has 6 heteroatoms. The molecule has 1 aromatic heterocycles. The van der Waals surface area contributed by atoms with E-state index in [4.69, 9.17) is 0 Å². The molecule has 0 radical (unpaired) electrons. The largest absolute Gasteiger partial charge is 0.329 e. The molecule has 2 aromatic rings. The molecule has 0 unspecified atom stereocenters. The zero-order valence-electron chi connectivity index (χ0n) is 13.6. The van der Waals surface area contributed by atoms with Crippen LogP contribution in [-0.2, 0) is 16.1 Å². The molecule has 124 valence electrons. The average molecular weight is 324 g/mol. The van der Waals surface area contributed by atoms with Crippen molar-refractivity contribution in [2.24, 2.45) is 0 Å². The minimum Gasteiger partial charge on any atom is -0.329 e. The van der Waals surface area contributed by atoms with Crippen molar-refractivity contribution < 1.29 is 9.59 Å². The van der Waals surface area contributed by atoms with Crippen molar-refractivity contribution in [2.45, 2.75) is 38.4 Å². The van der Waals surface area contributed by atoms with E-state index in [2.05, 4.69) is 5.10 Å². The summed E-state index contributed by atoms with van der Waals surface area (Å²) in [6.45, 7) is 2.99. The number of rotatable bonds is 3. The molecule has 2 saturated heterocycles. The van der Waals surface area contributed by atoms with Gasteiger partial charge in [0.1, 0.15) is 12.1 Å². The molecule has 0 N–H and O–H groups in total. The Hall–Kier alpha value is -2.63. The molecule has 2 aliphatic heterocycles. The van der Waals surface area contributed by atoms with E-state index in [1.165, 1.54) is 0 Å². The van der Waals surface area contributed by atoms with Crippen LogP contribution in [0.25, 0.3) is 5.69 Å². The number of aromatic nitrogens is 2. The summed E-state index contributed by atoms with van der Waals surface area (Å²) in [5.74, 6) is 0.143. The lowest BCUT2D eigenvalue weighted by Gasteiger charge is -2.41. The van der Waals surface area contributed by atoms with E-state index < -0.39 is 6.04 Å². The Bertz CT molecular complexity index is 771. The third-order valence-corrected chi connectivity index (χ3v) is 4.96. The van der Waals surface area contributed by atoms with Gasteiger partial charge in [-0.25, -0.2) is 4.68 Å². The number of hydrogen-bond acceptors (Lipinski definition) is 3. The second-order valence-electron chi connectivity index (χ2n) is 6.45. The van der Waals surface area contributed by atoms with Gasteiger partial charge in [0.2, 0.25) is 11.8 Å². The molecule has 2 amide bonds. The van der Waals surface area contributed by atoms with Gasteiger partial charge >= 0.3 is 0 Å². The van der Waals surface area contributed by atoms with Crippen molar-refractivity contribution >= 4 is 11.8 Å². The quantitative estimate of drug-likeness (QED) is 0.861. The van der Waals surface area contributed by atoms with Gasteiger partial charge < -0.3 is 9.80 Å². The second kappa shape index (κ2) is 5.78. The Morgan fingerprint density at radius 3 is 2.88 bits per heavy atom. The molecule has 6 nitrogen and oxygen atoms in total. The summed E-state index contributed by atoms with van der Waals surface area (Å²) in [6, 6.07) is 9.13. The minimum atomic E-state index is -0.403. The molecule has 24 heavy (non-hydrogen) atoms. The van der Waals surface area contributed by atoms with Gasteiger partial charge in [-0.15, -0.1) is 0 Å². The first-order valence-corrected chi connectivity index (χ1v) is 8.35. The molecular weight excluding hydrogens is 304 g/mol. The lowest BCUT2D eigenvalue weighted by Crippen LogP contribution is -2.61. The molecule has 0 aliphatic carbocycles. The Morgan fingerprint density at radius 1 is 1.21 bits per heavy atom. The first-order valence-electron chi connectivity index (χ1n) is 8.35. The first kappa shape index (κ1) is 14.9. The highest BCUT2D eigenvalue weighted by atomic mass is 16.2. The first-order chi connectivity index (χ1) is 11.6. The van der Waals surface area contributed by atoms with Gasteiger partial charge in [-0.3, -0.25) is 9.59 Å². The summed E-state index contributed by atoms with van der Waals surface area (Å²) in [4.78, 5) is 28.8. The molecule has 2 aliphatic rings. The van der Waals surface area contributed by atoms with Crippen LogP contribution in [0.15, 0.2) is 42.7 Å². The SMILES string of the molecule is C[C@H]1C(=O)N2CCC[C@@H]2C(=O)N1Cc1cccc(-n2cccn2)c1. The zero-order valence-corrected chi connectivity index (χ0v) is 13.6. The van der Waals surface area contributed by atoms with Crippen LogP contribution in [0.3, 0.4) is 0 Å². The summed E-state index contributed by atoms with van der Waals surface area (Å²) in [7, 11) is 0. The lowest BCUT2D eigenvalue weighted by molar-refractivity contribution is -0.159. The van der Waals surface area contributed by atoms with Crippen LogP contribution in [0.4, 0.5) is 0 Å². The van der Waals surface area contributed by atoms with Crippen molar-refractivity contribution in [2.75, 3.05) is 6.54 Å². The fourth-order valence-corrected chi connectivity index (χ4v) is 3.67. The standard InChI is InChI=1S/C18H20N4O2/c1-13-17(23)20-9-3-7-16(20)18(24)21(13)12-14-5-2-6-15(11-14)22-10-4-8-19-22/h2,4-6,8,10-11,13,16H,3,7,9,12H2,1H3/t13-,16+/m0/s1. The topological polar surface area (TPSA) is 58.4 Å². The number of amides is 2. The maximum absolute atomic E-state index is 12.8. The Morgan fingerprint density at radius 2 is 2.08 bits per heavy atom. The maximum Gasteiger partial charge on any atom is 0.246 e. The number of benzene rings is 1. The van der Waals surface area contributed by atoms with Gasteiger partial charge in [0, 0.05) is 25.5 Å². The number of carbonyl (C=O) groups is 2. The van der Waals surface area contributed by atoms with E-state index in [9.17, 15) is 9.59 Å². The molecule has 2 fully saturated rings. The van der Waals surface area contributed by atoms with Gasteiger partial charge in [0.15, 0.2) is 0 Å². The normalized spacial score (nSPS) is 23.7. The summed E-state index contributed by atoms with van der Waals surface area (Å²) >= 11 is 0. The van der Waals surface area contributed by atoms with E-state index in [1.54, 1.807) is 20.7 Å². The molecule has 1 aromatic carbocycles. The average Bonchev–Trinajstić information content (AvgIpc) is 3.28. The van der Waals surface area contributed by atoms with Gasteiger partial charge in [-0.2, -0.15) is 5.10 Å². The highest BCUT2D eigenvalue weighted by Gasteiger charge is 2.45. The lowest BCUT2D eigenvalue weighted by atomic mass is 10.0. The van der Waals surface area contributed by atoms with Crippen LogP contribution in [0.2, 0.25) is 0 Å². The predicted molar refractivity (Wildman–Crippen MR) is 88.3 cm³/mol. The molecule has 4 rings (SSSR count). The molecule has 0 spiro atoms. The van der Waals surface area contributed by atoms with Crippen molar-refractivity contribution in [3.05, 3.63) is 48.3 Å². The van der Waals surface area contributed by atoms with E-state index in [0.717, 1.165) is 24.1 Å². The number of nitrogens with zero attached hydrogens (tertiary/aromatic N) is 4. The summed E-state index contributed by atoms with van der Waals surface area (Å²) in [5, 5.41) is 4.24. The van der Waals surface area contributed by atoms with Crippen LogP contribution < -0.4 is 0 Å². The van der Waals surface area contributed by atoms with E-state index >= 15 is 0 Å². The highest BCUT2D eigenvalue weighted by Crippen LogP contribution is 2.28. The third kappa shape index (κ3) is 2.38. The van der Waals surface area contributed by atoms with Gasteiger partial charge in [-0.05, 0) is 43.5 Å². The van der Waals surface area contributed by atoms with Crippen LogP contribution >= 0.6 is 0 Å². The van der Waals surface area contributed by atoms with Gasteiger partial charge in [0.25, 0.3) is 0 Å². The number of carbonyl (C=O) groups excluding carboxylic acids is 2.